The number of carbonyl (C=O) groups excluding carboxylic acids is 1. The number of pyridine rings is 1. The summed E-state index contributed by atoms with van der Waals surface area (Å²) in [5.74, 6) is -0.0874. The predicted octanol–water partition coefficient (Wildman–Crippen LogP) is 1.69. The number of hydrogen-bond acceptors (Lipinski definition) is 2. The molecule has 0 saturated carbocycles. The average molecular weight is 149 g/mol. The molecule has 0 aliphatic carbocycles. The molecular formula is C9H11NO. The zero-order valence-electron chi connectivity index (χ0n) is 6.74. The van der Waals surface area contributed by atoms with Gasteiger partial charge in [0.2, 0.25) is 0 Å². The molecule has 58 valence electrons. The van der Waals surface area contributed by atoms with Crippen molar-refractivity contribution in [1.29, 1.82) is 0 Å². The van der Waals surface area contributed by atoms with Gasteiger partial charge >= 0.3 is 0 Å². The second-order valence-corrected chi connectivity index (χ2v) is 2.69. The number of aldehydes is 1. The third kappa shape index (κ3) is 1.87. The topological polar surface area (TPSA) is 30.0 Å². The highest BCUT2D eigenvalue weighted by Crippen LogP contribution is 2.08. The Hall–Kier alpha value is -1.18. The summed E-state index contributed by atoms with van der Waals surface area (Å²) in [4.78, 5) is 14.5. The van der Waals surface area contributed by atoms with Gasteiger partial charge in [-0.15, -0.1) is 0 Å². The van der Waals surface area contributed by atoms with Crippen LogP contribution in [0.4, 0.5) is 0 Å². The lowest BCUT2D eigenvalue weighted by Gasteiger charge is -2.01. The van der Waals surface area contributed by atoms with Crippen LogP contribution in [0.15, 0.2) is 18.3 Å². The van der Waals surface area contributed by atoms with E-state index in [1.54, 1.807) is 6.20 Å². The summed E-state index contributed by atoms with van der Waals surface area (Å²) < 4.78 is 0. The minimum atomic E-state index is -0.0874. The standard InChI is InChI=1S/C9H11NO/c1-7-3-4-9(10-5-7)8(2)6-11/h3-6,8H,1-2H3. The summed E-state index contributed by atoms with van der Waals surface area (Å²) in [6.45, 7) is 3.81. The van der Waals surface area contributed by atoms with Crippen molar-refractivity contribution in [2.24, 2.45) is 0 Å². The molecule has 0 saturated heterocycles. The van der Waals surface area contributed by atoms with Gasteiger partial charge in [-0.05, 0) is 18.6 Å². The van der Waals surface area contributed by atoms with Crippen molar-refractivity contribution < 1.29 is 4.79 Å². The second-order valence-electron chi connectivity index (χ2n) is 2.69. The first-order valence-corrected chi connectivity index (χ1v) is 3.62. The molecule has 1 rings (SSSR count). The highest BCUT2D eigenvalue weighted by Gasteiger charge is 2.02. The van der Waals surface area contributed by atoms with Gasteiger partial charge in [0.25, 0.3) is 0 Å². The van der Waals surface area contributed by atoms with Gasteiger partial charge in [-0.2, -0.15) is 0 Å². The van der Waals surface area contributed by atoms with Crippen LogP contribution in [0, 0.1) is 6.92 Å². The number of aromatic nitrogens is 1. The molecule has 0 radical (unpaired) electrons. The van der Waals surface area contributed by atoms with Crippen LogP contribution in [0.2, 0.25) is 0 Å². The summed E-state index contributed by atoms with van der Waals surface area (Å²) in [7, 11) is 0. The summed E-state index contributed by atoms with van der Waals surface area (Å²) >= 11 is 0. The highest BCUT2D eigenvalue weighted by atomic mass is 16.1. The van der Waals surface area contributed by atoms with Gasteiger partial charge in [-0.25, -0.2) is 0 Å². The summed E-state index contributed by atoms with van der Waals surface area (Å²) in [5, 5.41) is 0. The Bertz CT molecular complexity index is 240. The lowest BCUT2D eigenvalue weighted by atomic mass is 10.1. The first-order valence-electron chi connectivity index (χ1n) is 3.62. The maximum absolute atomic E-state index is 10.4. The highest BCUT2D eigenvalue weighted by molar-refractivity contribution is 5.59. The Morgan fingerprint density at radius 3 is 2.73 bits per heavy atom. The minimum Gasteiger partial charge on any atom is -0.303 e. The van der Waals surface area contributed by atoms with Crippen molar-refractivity contribution in [3.05, 3.63) is 29.6 Å². The molecule has 0 spiro atoms. The van der Waals surface area contributed by atoms with E-state index < -0.39 is 0 Å². The van der Waals surface area contributed by atoms with E-state index in [2.05, 4.69) is 4.98 Å². The Labute approximate surface area is 66.3 Å². The quantitative estimate of drug-likeness (QED) is 0.599. The molecule has 1 aromatic heterocycles. The number of nitrogens with zero attached hydrogens (tertiary/aromatic N) is 1. The Morgan fingerprint density at radius 1 is 1.55 bits per heavy atom. The minimum absolute atomic E-state index is 0.0874. The second kappa shape index (κ2) is 3.28. The van der Waals surface area contributed by atoms with Crippen LogP contribution in [-0.4, -0.2) is 11.3 Å². The third-order valence-electron chi connectivity index (χ3n) is 1.60. The maximum atomic E-state index is 10.4. The molecule has 0 N–H and O–H groups in total. The van der Waals surface area contributed by atoms with E-state index in [9.17, 15) is 4.79 Å². The molecule has 0 aliphatic rings. The summed E-state index contributed by atoms with van der Waals surface area (Å²) in [6, 6.07) is 3.84. The molecule has 0 amide bonds. The smallest absolute Gasteiger partial charge is 0.128 e. The molecule has 1 unspecified atom stereocenters. The van der Waals surface area contributed by atoms with E-state index in [0.717, 1.165) is 17.5 Å². The SMILES string of the molecule is Cc1ccc(C(C)C=O)nc1. The molecule has 0 aromatic carbocycles. The molecule has 2 heteroatoms. The Morgan fingerprint density at radius 2 is 2.27 bits per heavy atom. The third-order valence-corrected chi connectivity index (χ3v) is 1.60. The first kappa shape index (κ1) is 7.92. The maximum Gasteiger partial charge on any atom is 0.128 e. The van der Waals surface area contributed by atoms with E-state index in [-0.39, 0.29) is 5.92 Å². The van der Waals surface area contributed by atoms with Gasteiger partial charge in [0.15, 0.2) is 0 Å². The first-order chi connectivity index (χ1) is 5.24. The lowest BCUT2D eigenvalue weighted by molar-refractivity contribution is -0.108. The van der Waals surface area contributed by atoms with Crippen LogP contribution in [-0.2, 0) is 4.79 Å². The lowest BCUT2D eigenvalue weighted by Crippen LogP contribution is -1.97. The van der Waals surface area contributed by atoms with Crippen molar-refractivity contribution in [3.63, 3.8) is 0 Å². The molecule has 2 nitrogen and oxygen atoms in total. The van der Waals surface area contributed by atoms with Gasteiger partial charge in [-0.3, -0.25) is 4.98 Å². The van der Waals surface area contributed by atoms with E-state index in [1.165, 1.54) is 0 Å². The van der Waals surface area contributed by atoms with E-state index in [4.69, 9.17) is 0 Å². The van der Waals surface area contributed by atoms with Gasteiger partial charge in [0, 0.05) is 6.20 Å². The van der Waals surface area contributed by atoms with E-state index in [0.29, 0.717) is 0 Å². The van der Waals surface area contributed by atoms with Crippen LogP contribution in [0.5, 0.6) is 0 Å². The number of carbonyl (C=O) groups is 1. The zero-order valence-corrected chi connectivity index (χ0v) is 6.74. The van der Waals surface area contributed by atoms with Gasteiger partial charge < -0.3 is 4.79 Å². The van der Waals surface area contributed by atoms with Crippen LogP contribution < -0.4 is 0 Å². The van der Waals surface area contributed by atoms with Gasteiger partial charge in [0.05, 0.1) is 11.6 Å². The fourth-order valence-electron chi connectivity index (χ4n) is 0.818. The van der Waals surface area contributed by atoms with Crippen LogP contribution in [0.1, 0.15) is 24.1 Å². The fraction of sp³-hybridized carbons (Fsp3) is 0.333. The van der Waals surface area contributed by atoms with Crippen molar-refractivity contribution in [2.45, 2.75) is 19.8 Å². The average Bonchev–Trinajstić information content (AvgIpc) is 2.05. The van der Waals surface area contributed by atoms with Crippen LogP contribution >= 0.6 is 0 Å². The monoisotopic (exact) mass is 149 g/mol. The van der Waals surface area contributed by atoms with Gasteiger partial charge in [-0.1, -0.05) is 13.0 Å². The molecule has 1 atom stereocenters. The van der Waals surface area contributed by atoms with E-state index >= 15 is 0 Å². The number of aryl methyl sites for hydroxylation is 1. The van der Waals surface area contributed by atoms with Crippen molar-refractivity contribution in [1.82, 2.24) is 4.98 Å². The number of hydrogen-bond donors (Lipinski definition) is 0. The van der Waals surface area contributed by atoms with Crippen molar-refractivity contribution >= 4 is 6.29 Å². The van der Waals surface area contributed by atoms with Crippen molar-refractivity contribution in [2.75, 3.05) is 0 Å². The predicted molar refractivity (Wildman–Crippen MR) is 43.5 cm³/mol. The van der Waals surface area contributed by atoms with Crippen LogP contribution in [0.25, 0.3) is 0 Å². The molecule has 0 fully saturated rings. The largest absolute Gasteiger partial charge is 0.303 e. The Kier molecular flexibility index (Phi) is 2.36. The molecule has 1 heterocycles. The fourth-order valence-corrected chi connectivity index (χ4v) is 0.818. The van der Waals surface area contributed by atoms with Crippen molar-refractivity contribution in [3.8, 4) is 0 Å². The molecular weight excluding hydrogens is 138 g/mol. The van der Waals surface area contributed by atoms with E-state index in [1.807, 2.05) is 26.0 Å². The normalized spacial score (nSPS) is 12.5. The summed E-state index contributed by atoms with van der Waals surface area (Å²) in [5.41, 5.74) is 1.96. The molecule has 0 bridgehead atoms. The Balaban J connectivity index is 2.89. The van der Waals surface area contributed by atoms with Crippen LogP contribution in [0.3, 0.4) is 0 Å². The summed E-state index contributed by atoms with van der Waals surface area (Å²) in [6.07, 6.45) is 2.67. The zero-order chi connectivity index (χ0) is 8.27. The van der Waals surface area contributed by atoms with Gasteiger partial charge in [0.1, 0.15) is 6.29 Å². The molecule has 0 aliphatic heterocycles. The molecule has 11 heavy (non-hydrogen) atoms. The molecule has 1 aromatic rings. The number of rotatable bonds is 2.